The Hall–Kier alpha value is -2.00. The van der Waals surface area contributed by atoms with Crippen LogP contribution in [0.15, 0.2) is 35.7 Å². The number of morpholine rings is 1. The van der Waals surface area contributed by atoms with Crippen molar-refractivity contribution >= 4 is 22.4 Å². The van der Waals surface area contributed by atoms with Gasteiger partial charge in [0.05, 0.1) is 13.2 Å². The molecule has 2 saturated heterocycles. The molecule has 0 bridgehead atoms. The number of carbonyl (C=O) groups excluding carboxylic acids is 1. The third kappa shape index (κ3) is 6.25. The van der Waals surface area contributed by atoms with Crippen molar-refractivity contribution in [3.8, 4) is 0 Å². The van der Waals surface area contributed by atoms with Crippen molar-refractivity contribution < 1.29 is 9.53 Å². The van der Waals surface area contributed by atoms with Crippen LogP contribution in [0.5, 0.6) is 0 Å². The van der Waals surface area contributed by atoms with E-state index in [1.54, 1.807) is 0 Å². The third-order valence-electron chi connectivity index (χ3n) is 5.72. The number of rotatable bonds is 8. The zero-order valence-corrected chi connectivity index (χ0v) is 18.2. The monoisotopic (exact) mass is 429 g/mol. The van der Waals surface area contributed by atoms with Crippen molar-refractivity contribution in [3.63, 3.8) is 0 Å². The molecule has 2 fully saturated rings. The first kappa shape index (κ1) is 21.2. The van der Waals surface area contributed by atoms with Crippen molar-refractivity contribution in [3.05, 3.63) is 47.0 Å². The number of hydrogen-bond acceptors (Lipinski definition) is 7. The number of likely N-dealkylation sites (tertiary alicyclic amines) is 1. The predicted octanol–water partition coefficient (Wildman–Crippen LogP) is 2.28. The number of aromatic nitrogens is 1. The lowest BCUT2D eigenvalue weighted by molar-refractivity contribution is 0.0398. The normalized spacial score (nSPS) is 18.9. The summed E-state index contributed by atoms with van der Waals surface area (Å²) in [7, 11) is 0. The fraction of sp³-hybridized carbons (Fsp3) is 0.545. The zero-order chi connectivity index (χ0) is 20.6. The van der Waals surface area contributed by atoms with E-state index in [4.69, 9.17) is 4.74 Å². The highest BCUT2D eigenvalue weighted by atomic mass is 32.1. The van der Waals surface area contributed by atoms with Crippen molar-refractivity contribution in [2.75, 3.05) is 57.8 Å². The van der Waals surface area contributed by atoms with E-state index in [9.17, 15) is 4.79 Å². The Morgan fingerprint density at radius 2 is 1.87 bits per heavy atom. The van der Waals surface area contributed by atoms with Gasteiger partial charge in [0.2, 0.25) is 0 Å². The number of carbonyl (C=O) groups is 1. The first-order valence-corrected chi connectivity index (χ1v) is 11.7. The minimum atomic E-state index is -0.0611. The Kier molecular flexibility index (Phi) is 7.69. The summed E-state index contributed by atoms with van der Waals surface area (Å²) in [6.07, 6.45) is 1.96. The van der Waals surface area contributed by atoms with Crippen LogP contribution in [0.4, 0.5) is 5.13 Å². The molecular weight excluding hydrogens is 398 g/mol. The van der Waals surface area contributed by atoms with Crippen molar-refractivity contribution in [2.24, 2.45) is 0 Å². The van der Waals surface area contributed by atoms with Crippen molar-refractivity contribution in [2.45, 2.75) is 25.4 Å². The summed E-state index contributed by atoms with van der Waals surface area (Å²) in [5.74, 6) is -0.0611. The highest BCUT2D eigenvalue weighted by Crippen LogP contribution is 2.17. The lowest BCUT2D eigenvalue weighted by atomic mass is 10.0. The highest BCUT2D eigenvalue weighted by molar-refractivity contribution is 7.13. The SMILES string of the molecule is O=C(NC1CCN(Cc2ccccc2)CC1)c1csc(NCCN2CCOCC2)n1. The lowest BCUT2D eigenvalue weighted by Crippen LogP contribution is -2.44. The molecule has 8 heteroatoms. The minimum Gasteiger partial charge on any atom is -0.379 e. The summed E-state index contributed by atoms with van der Waals surface area (Å²) in [5, 5.41) is 9.16. The molecule has 2 aromatic rings. The van der Waals surface area contributed by atoms with Gasteiger partial charge in [-0.15, -0.1) is 11.3 Å². The number of ether oxygens (including phenoxy) is 1. The van der Waals surface area contributed by atoms with Gasteiger partial charge in [0, 0.05) is 57.2 Å². The Morgan fingerprint density at radius 3 is 2.63 bits per heavy atom. The first-order valence-electron chi connectivity index (χ1n) is 10.8. The second kappa shape index (κ2) is 10.9. The quantitative estimate of drug-likeness (QED) is 0.671. The summed E-state index contributed by atoms with van der Waals surface area (Å²) < 4.78 is 5.37. The molecule has 1 aromatic heterocycles. The number of benzene rings is 1. The number of nitrogens with zero attached hydrogens (tertiary/aromatic N) is 3. The Labute approximate surface area is 182 Å². The zero-order valence-electron chi connectivity index (χ0n) is 17.4. The van der Waals surface area contributed by atoms with Crippen LogP contribution < -0.4 is 10.6 Å². The molecule has 0 unspecified atom stereocenters. The fourth-order valence-electron chi connectivity index (χ4n) is 3.94. The van der Waals surface area contributed by atoms with Crippen LogP contribution in [0, 0.1) is 0 Å². The molecule has 1 aromatic carbocycles. The molecule has 0 saturated carbocycles. The topological polar surface area (TPSA) is 69.7 Å². The third-order valence-corrected chi connectivity index (χ3v) is 6.52. The molecule has 30 heavy (non-hydrogen) atoms. The van der Waals surface area contributed by atoms with Gasteiger partial charge in [-0.3, -0.25) is 14.6 Å². The highest BCUT2D eigenvalue weighted by Gasteiger charge is 2.22. The number of amides is 1. The van der Waals surface area contributed by atoms with Gasteiger partial charge in [-0.25, -0.2) is 4.98 Å². The smallest absolute Gasteiger partial charge is 0.271 e. The van der Waals surface area contributed by atoms with Crippen LogP contribution in [0.3, 0.4) is 0 Å². The first-order chi connectivity index (χ1) is 14.8. The van der Waals surface area contributed by atoms with Crippen LogP contribution in [0.1, 0.15) is 28.9 Å². The molecule has 3 heterocycles. The van der Waals surface area contributed by atoms with Crippen LogP contribution in [0.25, 0.3) is 0 Å². The van der Waals surface area contributed by atoms with Gasteiger partial charge in [0.25, 0.3) is 5.91 Å². The average Bonchev–Trinajstić information content (AvgIpc) is 3.26. The second-order valence-corrected chi connectivity index (χ2v) is 8.79. The van der Waals surface area contributed by atoms with E-state index in [0.717, 1.165) is 77.0 Å². The van der Waals surface area contributed by atoms with E-state index in [-0.39, 0.29) is 11.9 Å². The summed E-state index contributed by atoms with van der Waals surface area (Å²) in [6, 6.07) is 10.8. The van der Waals surface area contributed by atoms with E-state index in [1.165, 1.54) is 16.9 Å². The lowest BCUT2D eigenvalue weighted by Gasteiger charge is -2.32. The summed E-state index contributed by atoms with van der Waals surface area (Å²) in [4.78, 5) is 21.9. The van der Waals surface area contributed by atoms with Crippen molar-refractivity contribution in [1.82, 2.24) is 20.1 Å². The number of nitrogens with one attached hydrogen (secondary N) is 2. The number of hydrogen-bond donors (Lipinski definition) is 2. The summed E-state index contributed by atoms with van der Waals surface area (Å²) in [6.45, 7) is 8.37. The second-order valence-electron chi connectivity index (χ2n) is 7.93. The maximum absolute atomic E-state index is 12.6. The van der Waals surface area contributed by atoms with Gasteiger partial charge in [-0.05, 0) is 18.4 Å². The van der Waals surface area contributed by atoms with Crippen LogP contribution >= 0.6 is 11.3 Å². The molecule has 0 atom stereocenters. The molecular formula is C22H31N5O2S. The van der Waals surface area contributed by atoms with E-state index < -0.39 is 0 Å². The molecule has 2 aliphatic heterocycles. The van der Waals surface area contributed by atoms with Crippen LogP contribution in [-0.4, -0.2) is 79.2 Å². The van der Waals surface area contributed by atoms with E-state index >= 15 is 0 Å². The molecule has 1 amide bonds. The number of piperidine rings is 1. The maximum atomic E-state index is 12.6. The molecule has 4 rings (SSSR count). The Bertz CT molecular complexity index is 786. The van der Waals surface area contributed by atoms with Gasteiger partial charge >= 0.3 is 0 Å². The summed E-state index contributed by atoms with van der Waals surface area (Å²) >= 11 is 1.49. The average molecular weight is 430 g/mol. The minimum absolute atomic E-state index is 0.0611. The molecule has 0 aliphatic carbocycles. The van der Waals surface area contributed by atoms with Crippen LogP contribution in [-0.2, 0) is 11.3 Å². The van der Waals surface area contributed by atoms with E-state index in [0.29, 0.717) is 5.69 Å². The maximum Gasteiger partial charge on any atom is 0.271 e. The molecule has 0 radical (unpaired) electrons. The number of anilines is 1. The standard InChI is InChI=1S/C22H31N5O2S/c28-21(20-17-30-22(25-20)23-8-11-26-12-14-29-15-13-26)24-19-6-9-27(10-7-19)16-18-4-2-1-3-5-18/h1-5,17,19H,6-16H2,(H,23,25)(H,24,28). The van der Waals surface area contributed by atoms with Crippen molar-refractivity contribution in [1.29, 1.82) is 0 Å². The van der Waals surface area contributed by atoms with Gasteiger partial charge in [-0.2, -0.15) is 0 Å². The largest absolute Gasteiger partial charge is 0.379 e. The van der Waals surface area contributed by atoms with Gasteiger partial charge in [0.15, 0.2) is 5.13 Å². The molecule has 0 spiro atoms. The Balaban J connectivity index is 1.16. The van der Waals surface area contributed by atoms with Gasteiger partial charge in [-0.1, -0.05) is 30.3 Å². The van der Waals surface area contributed by atoms with E-state index in [1.807, 2.05) is 5.38 Å². The predicted molar refractivity (Wildman–Crippen MR) is 120 cm³/mol. The Morgan fingerprint density at radius 1 is 1.10 bits per heavy atom. The van der Waals surface area contributed by atoms with E-state index in [2.05, 4.69) is 55.7 Å². The van der Waals surface area contributed by atoms with Gasteiger partial charge in [0.1, 0.15) is 5.69 Å². The molecule has 162 valence electrons. The van der Waals surface area contributed by atoms with Gasteiger partial charge < -0.3 is 15.4 Å². The summed E-state index contributed by atoms with van der Waals surface area (Å²) in [5.41, 5.74) is 1.86. The number of thiazole rings is 1. The molecule has 2 aliphatic rings. The van der Waals surface area contributed by atoms with Crippen LogP contribution in [0.2, 0.25) is 0 Å². The molecule has 2 N–H and O–H groups in total. The fourth-order valence-corrected chi connectivity index (χ4v) is 4.66. The molecule has 7 nitrogen and oxygen atoms in total.